The van der Waals surface area contributed by atoms with Gasteiger partial charge in [-0.05, 0) is 30.2 Å². The van der Waals surface area contributed by atoms with Gasteiger partial charge in [0.15, 0.2) is 0 Å². The van der Waals surface area contributed by atoms with Gasteiger partial charge < -0.3 is 0 Å². The molecule has 82 valence electrons. The van der Waals surface area contributed by atoms with Crippen LogP contribution < -0.4 is 0 Å². The fourth-order valence-electron chi connectivity index (χ4n) is 1.50. The zero-order valence-corrected chi connectivity index (χ0v) is 10.9. The zero-order valence-electron chi connectivity index (χ0n) is 8.54. The van der Waals surface area contributed by atoms with Gasteiger partial charge in [-0.2, -0.15) is 0 Å². The van der Waals surface area contributed by atoms with Crippen LogP contribution in [0.1, 0.15) is 5.56 Å². The quantitative estimate of drug-likeness (QED) is 0.587. The molecular formula is C12H9Cl2NS. The predicted molar refractivity (Wildman–Crippen MR) is 71.7 cm³/mol. The van der Waals surface area contributed by atoms with Gasteiger partial charge in [0.25, 0.3) is 0 Å². The smallest absolute Gasteiger partial charge is 0.147 e. The Bertz CT molecular complexity index is 541. The Morgan fingerprint density at radius 3 is 2.69 bits per heavy atom. The van der Waals surface area contributed by atoms with Crippen molar-refractivity contribution >= 4 is 35.8 Å². The number of rotatable bonds is 1. The van der Waals surface area contributed by atoms with E-state index in [1.807, 2.05) is 31.2 Å². The Balaban J connectivity index is 2.59. The number of halogens is 2. The van der Waals surface area contributed by atoms with Gasteiger partial charge in [-0.25, -0.2) is 4.98 Å². The molecule has 0 aliphatic carbocycles. The van der Waals surface area contributed by atoms with Gasteiger partial charge in [0.2, 0.25) is 0 Å². The van der Waals surface area contributed by atoms with E-state index in [9.17, 15) is 0 Å². The van der Waals surface area contributed by atoms with Gasteiger partial charge in [-0.1, -0.05) is 35.3 Å². The van der Waals surface area contributed by atoms with Gasteiger partial charge in [-0.15, -0.1) is 12.6 Å². The molecule has 2 rings (SSSR count). The van der Waals surface area contributed by atoms with E-state index in [1.54, 1.807) is 6.20 Å². The molecule has 0 fully saturated rings. The number of benzene rings is 1. The van der Waals surface area contributed by atoms with Gasteiger partial charge in [-0.3, -0.25) is 0 Å². The number of hydrogen-bond donors (Lipinski definition) is 1. The van der Waals surface area contributed by atoms with Crippen molar-refractivity contribution in [2.45, 2.75) is 11.8 Å². The minimum absolute atomic E-state index is 0.324. The van der Waals surface area contributed by atoms with Crippen molar-refractivity contribution in [2.75, 3.05) is 0 Å². The predicted octanol–water partition coefficient (Wildman–Crippen LogP) is 4.65. The lowest BCUT2D eigenvalue weighted by Crippen LogP contribution is -1.87. The average molecular weight is 270 g/mol. The molecule has 0 saturated carbocycles. The third-order valence-corrected chi connectivity index (χ3v) is 3.58. The highest BCUT2D eigenvalue weighted by Crippen LogP contribution is 2.30. The van der Waals surface area contributed by atoms with Crippen LogP contribution in [0.3, 0.4) is 0 Å². The van der Waals surface area contributed by atoms with E-state index in [0.29, 0.717) is 10.2 Å². The van der Waals surface area contributed by atoms with E-state index in [1.165, 1.54) is 0 Å². The van der Waals surface area contributed by atoms with E-state index in [0.717, 1.165) is 21.6 Å². The molecule has 0 atom stereocenters. The van der Waals surface area contributed by atoms with Crippen LogP contribution >= 0.6 is 35.8 Å². The van der Waals surface area contributed by atoms with Gasteiger partial charge in [0.05, 0.1) is 5.02 Å². The maximum Gasteiger partial charge on any atom is 0.147 e. The first-order chi connectivity index (χ1) is 7.59. The van der Waals surface area contributed by atoms with E-state index in [4.69, 9.17) is 23.2 Å². The van der Waals surface area contributed by atoms with Crippen molar-refractivity contribution in [1.29, 1.82) is 0 Å². The Hall–Kier alpha value is -0.700. The molecule has 0 unspecified atom stereocenters. The lowest BCUT2D eigenvalue weighted by Gasteiger charge is -2.08. The molecule has 4 heteroatoms. The van der Waals surface area contributed by atoms with E-state index in [-0.39, 0.29) is 0 Å². The summed E-state index contributed by atoms with van der Waals surface area (Å²) in [6.07, 6.45) is 1.71. The summed E-state index contributed by atoms with van der Waals surface area (Å²) in [6.45, 7) is 2.01. The second kappa shape index (κ2) is 4.66. The molecular weight excluding hydrogens is 261 g/mol. The summed E-state index contributed by atoms with van der Waals surface area (Å²) in [5, 5.41) is 0.785. The van der Waals surface area contributed by atoms with Crippen molar-refractivity contribution in [1.82, 2.24) is 4.98 Å². The van der Waals surface area contributed by atoms with Gasteiger partial charge in [0, 0.05) is 16.7 Å². The average Bonchev–Trinajstić information content (AvgIpc) is 2.26. The molecule has 0 spiro atoms. The SMILES string of the molecule is Cc1c(S)cccc1-c1cnc(Cl)c(Cl)c1. The normalized spacial score (nSPS) is 10.5. The molecule has 0 saturated heterocycles. The van der Waals surface area contributed by atoms with Crippen LogP contribution in [0, 0.1) is 6.92 Å². The Morgan fingerprint density at radius 2 is 2.00 bits per heavy atom. The second-order valence-corrected chi connectivity index (χ2v) is 4.69. The minimum Gasteiger partial charge on any atom is -0.242 e. The van der Waals surface area contributed by atoms with Gasteiger partial charge >= 0.3 is 0 Å². The molecule has 0 amide bonds. The molecule has 1 aromatic carbocycles. The van der Waals surface area contributed by atoms with Crippen molar-refractivity contribution in [3.05, 3.63) is 46.2 Å². The van der Waals surface area contributed by atoms with Crippen molar-refractivity contribution in [3.8, 4) is 11.1 Å². The first-order valence-corrected chi connectivity index (χ1v) is 5.90. The summed E-state index contributed by atoms with van der Waals surface area (Å²) in [5.41, 5.74) is 3.12. The van der Waals surface area contributed by atoms with Crippen LogP contribution in [-0.4, -0.2) is 4.98 Å². The van der Waals surface area contributed by atoms with E-state index >= 15 is 0 Å². The fourth-order valence-corrected chi connectivity index (χ4v) is 1.98. The topological polar surface area (TPSA) is 12.9 Å². The third-order valence-electron chi connectivity index (χ3n) is 2.41. The highest BCUT2D eigenvalue weighted by atomic mass is 35.5. The van der Waals surface area contributed by atoms with E-state index in [2.05, 4.69) is 17.6 Å². The highest BCUT2D eigenvalue weighted by molar-refractivity contribution is 7.80. The minimum atomic E-state index is 0.324. The monoisotopic (exact) mass is 269 g/mol. The molecule has 0 aliphatic rings. The first kappa shape index (κ1) is 11.8. The Kier molecular flexibility index (Phi) is 3.43. The van der Waals surface area contributed by atoms with Crippen molar-refractivity contribution in [2.24, 2.45) is 0 Å². The van der Waals surface area contributed by atoms with Crippen LogP contribution in [0.2, 0.25) is 10.2 Å². The van der Waals surface area contributed by atoms with Crippen molar-refractivity contribution in [3.63, 3.8) is 0 Å². The van der Waals surface area contributed by atoms with Crippen LogP contribution in [0.4, 0.5) is 0 Å². The molecule has 1 nitrogen and oxygen atoms in total. The summed E-state index contributed by atoms with van der Waals surface area (Å²) in [4.78, 5) is 4.98. The van der Waals surface area contributed by atoms with E-state index < -0.39 is 0 Å². The molecule has 1 aromatic heterocycles. The number of pyridine rings is 1. The zero-order chi connectivity index (χ0) is 11.7. The lowest BCUT2D eigenvalue weighted by molar-refractivity contribution is 1.28. The first-order valence-electron chi connectivity index (χ1n) is 4.69. The number of aromatic nitrogens is 1. The number of nitrogens with zero attached hydrogens (tertiary/aromatic N) is 1. The molecule has 2 aromatic rings. The van der Waals surface area contributed by atoms with Gasteiger partial charge in [0.1, 0.15) is 5.15 Å². The van der Waals surface area contributed by atoms with Crippen molar-refractivity contribution < 1.29 is 0 Å². The third kappa shape index (κ3) is 2.19. The molecule has 0 radical (unpaired) electrons. The lowest BCUT2D eigenvalue weighted by atomic mass is 10.0. The second-order valence-electron chi connectivity index (χ2n) is 3.45. The molecule has 0 N–H and O–H groups in total. The largest absolute Gasteiger partial charge is 0.242 e. The standard InChI is InChI=1S/C12H9Cl2NS/c1-7-9(3-2-4-11(7)16)8-5-10(13)12(14)15-6-8/h2-6,16H,1H3. The van der Waals surface area contributed by atoms with Crippen LogP contribution in [0.5, 0.6) is 0 Å². The fraction of sp³-hybridized carbons (Fsp3) is 0.0833. The maximum atomic E-state index is 5.94. The van der Waals surface area contributed by atoms with Crippen LogP contribution in [0.25, 0.3) is 11.1 Å². The molecule has 16 heavy (non-hydrogen) atoms. The van der Waals surface area contributed by atoms with Crippen LogP contribution in [0.15, 0.2) is 35.4 Å². The van der Waals surface area contributed by atoms with Crippen LogP contribution in [-0.2, 0) is 0 Å². The Labute approximate surface area is 110 Å². The summed E-state index contributed by atoms with van der Waals surface area (Å²) in [7, 11) is 0. The summed E-state index contributed by atoms with van der Waals surface area (Å²) in [5.74, 6) is 0. The molecule has 0 aliphatic heterocycles. The number of hydrogen-bond acceptors (Lipinski definition) is 2. The molecule has 0 bridgehead atoms. The summed E-state index contributed by atoms with van der Waals surface area (Å²) in [6, 6.07) is 7.73. The Morgan fingerprint density at radius 1 is 1.25 bits per heavy atom. The maximum absolute atomic E-state index is 5.94. The summed E-state index contributed by atoms with van der Waals surface area (Å²) >= 11 is 16.1. The highest BCUT2D eigenvalue weighted by Gasteiger charge is 2.07. The number of thiol groups is 1. The summed E-state index contributed by atoms with van der Waals surface area (Å²) < 4.78 is 0. The molecule has 1 heterocycles.